The molecule has 0 aliphatic carbocycles. The van der Waals surface area contributed by atoms with Crippen molar-refractivity contribution in [2.24, 2.45) is 5.73 Å². The van der Waals surface area contributed by atoms with E-state index in [0.29, 0.717) is 5.69 Å². The summed E-state index contributed by atoms with van der Waals surface area (Å²) in [7, 11) is 0. The molecule has 0 heterocycles. The first-order valence-corrected chi connectivity index (χ1v) is 3.65. The number of halogens is 3. The zero-order valence-electron chi connectivity index (χ0n) is 6.73. The van der Waals surface area contributed by atoms with E-state index in [2.05, 4.69) is 5.32 Å². The van der Waals surface area contributed by atoms with Crippen molar-refractivity contribution in [1.82, 2.24) is 0 Å². The minimum absolute atomic E-state index is 0.200. The molecule has 5 heteroatoms. The second-order valence-corrected chi connectivity index (χ2v) is 2.46. The van der Waals surface area contributed by atoms with Gasteiger partial charge >= 0.3 is 6.18 Å². The number of alkyl halides is 3. The molecule has 0 bridgehead atoms. The van der Waals surface area contributed by atoms with Gasteiger partial charge in [-0.25, -0.2) is 0 Å². The topological polar surface area (TPSA) is 38.0 Å². The van der Waals surface area contributed by atoms with Crippen LogP contribution in [0.5, 0.6) is 0 Å². The minimum atomic E-state index is -4.28. The second-order valence-electron chi connectivity index (χ2n) is 2.46. The number of benzene rings is 1. The molecule has 0 saturated carbocycles. The van der Waals surface area contributed by atoms with Crippen LogP contribution in [0, 0.1) is 0 Å². The number of nitrogens with one attached hydrogen (secondary N) is 1. The molecule has 1 aromatic rings. The number of nitrogens with two attached hydrogens (primary N) is 1. The molecule has 0 radical (unpaired) electrons. The molecule has 2 nitrogen and oxygen atoms in total. The summed E-state index contributed by atoms with van der Waals surface area (Å²) in [6.45, 7) is 0.200. The highest BCUT2D eigenvalue weighted by Gasteiger charge is 2.29. The van der Waals surface area contributed by atoms with Crippen LogP contribution in [-0.2, 0) is 6.18 Å². The van der Waals surface area contributed by atoms with Crippen LogP contribution in [0.4, 0.5) is 18.9 Å². The fraction of sp³-hybridized carbons (Fsp3) is 0.250. The van der Waals surface area contributed by atoms with E-state index in [1.54, 1.807) is 0 Å². The van der Waals surface area contributed by atoms with Crippen molar-refractivity contribution in [3.05, 3.63) is 29.8 Å². The monoisotopic (exact) mass is 190 g/mol. The SMILES string of the molecule is NCNc1ccc(C(F)(F)F)cc1. The van der Waals surface area contributed by atoms with Gasteiger partial charge in [0.2, 0.25) is 0 Å². The Morgan fingerprint density at radius 3 is 2.08 bits per heavy atom. The van der Waals surface area contributed by atoms with E-state index in [0.717, 1.165) is 12.1 Å². The molecule has 0 aliphatic rings. The average Bonchev–Trinajstić information content (AvgIpc) is 2.04. The van der Waals surface area contributed by atoms with E-state index >= 15 is 0 Å². The van der Waals surface area contributed by atoms with Crippen LogP contribution >= 0.6 is 0 Å². The quantitative estimate of drug-likeness (QED) is 0.700. The van der Waals surface area contributed by atoms with E-state index in [1.807, 2.05) is 0 Å². The lowest BCUT2D eigenvalue weighted by Gasteiger charge is -2.07. The minimum Gasteiger partial charge on any atom is -0.373 e. The predicted octanol–water partition coefficient (Wildman–Crippen LogP) is 2.03. The van der Waals surface area contributed by atoms with E-state index in [4.69, 9.17) is 5.73 Å². The first kappa shape index (κ1) is 9.85. The number of hydrogen-bond donors (Lipinski definition) is 2. The van der Waals surface area contributed by atoms with Crippen molar-refractivity contribution in [3.63, 3.8) is 0 Å². The summed E-state index contributed by atoms with van der Waals surface area (Å²) in [5.74, 6) is 0. The number of rotatable bonds is 2. The van der Waals surface area contributed by atoms with E-state index in [-0.39, 0.29) is 6.67 Å². The van der Waals surface area contributed by atoms with Gasteiger partial charge in [0.1, 0.15) is 0 Å². The Kier molecular flexibility index (Phi) is 2.77. The van der Waals surface area contributed by atoms with Gasteiger partial charge in [-0.05, 0) is 24.3 Å². The van der Waals surface area contributed by atoms with E-state index < -0.39 is 11.7 Å². The normalized spacial score (nSPS) is 11.4. The van der Waals surface area contributed by atoms with Crippen LogP contribution in [-0.4, -0.2) is 6.67 Å². The number of hydrogen-bond acceptors (Lipinski definition) is 2. The van der Waals surface area contributed by atoms with Crippen molar-refractivity contribution in [2.45, 2.75) is 6.18 Å². The molecular formula is C8H9F3N2. The third-order valence-corrected chi connectivity index (χ3v) is 1.52. The molecule has 0 spiro atoms. The molecule has 0 saturated heterocycles. The van der Waals surface area contributed by atoms with Crippen LogP contribution in [0.15, 0.2) is 24.3 Å². The lowest BCUT2D eigenvalue weighted by atomic mass is 10.2. The maximum atomic E-state index is 12.1. The van der Waals surface area contributed by atoms with Gasteiger partial charge in [-0.15, -0.1) is 0 Å². The van der Waals surface area contributed by atoms with Crippen LogP contribution in [0.2, 0.25) is 0 Å². The van der Waals surface area contributed by atoms with Crippen molar-refractivity contribution < 1.29 is 13.2 Å². The standard InChI is InChI=1S/C8H9F3N2/c9-8(10,11)6-1-3-7(4-2-6)13-5-12/h1-4,13H,5,12H2. The van der Waals surface area contributed by atoms with Gasteiger partial charge in [0.05, 0.1) is 12.2 Å². The fourth-order valence-electron chi connectivity index (χ4n) is 0.895. The lowest BCUT2D eigenvalue weighted by Crippen LogP contribution is -2.11. The molecule has 0 atom stereocenters. The van der Waals surface area contributed by atoms with Gasteiger partial charge in [-0.2, -0.15) is 13.2 Å². The maximum absolute atomic E-state index is 12.1. The first-order valence-electron chi connectivity index (χ1n) is 3.65. The zero-order valence-corrected chi connectivity index (χ0v) is 6.73. The van der Waals surface area contributed by atoms with Gasteiger partial charge < -0.3 is 11.1 Å². The predicted molar refractivity (Wildman–Crippen MR) is 44.1 cm³/mol. The molecule has 1 rings (SSSR count). The summed E-state index contributed by atoms with van der Waals surface area (Å²) in [4.78, 5) is 0. The molecule has 0 aromatic heterocycles. The molecule has 0 unspecified atom stereocenters. The highest BCUT2D eigenvalue weighted by atomic mass is 19.4. The van der Waals surface area contributed by atoms with Gasteiger partial charge in [-0.1, -0.05) is 0 Å². The lowest BCUT2D eigenvalue weighted by molar-refractivity contribution is -0.137. The van der Waals surface area contributed by atoms with Crippen molar-refractivity contribution in [1.29, 1.82) is 0 Å². The Bertz CT molecular complexity index is 266. The zero-order chi connectivity index (χ0) is 9.90. The summed E-state index contributed by atoms with van der Waals surface area (Å²) in [6.07, 6.45) is -4.28. The number of anilines is 1. The fourth-order valence-corrected chi connectivity index (χ4v) is 0.895. The molecule has 3 N–H and O–H groups in total. The van der Waals surface area contributed by atoms with Gasteiger partial charge in [0.25, 0.3) is 0 Å². The smallest absolute Gasteiger partial charge is 0.373 e. The third-order valence-electron chi connectivity index (χ3n) is 1.52. The van der Waals surface area contributed by atoms with Crippen LogP contribution in [0.25, 0.3) is 0 Å². The Morgan fingerprint density at radius 2 is 1.69 bits per heavy atom. The van der Waals surface area contributed by atoms with Gasteiger partial charge in [-0.3, -0.25) is 0 Å². The van der Waals surface area contributed by atoms with Crippen molar-refractivity contribution in [2.75, 3.05) is 12.0 Å². The molecule has 0 fully saturated rings. The van der Waals surface area contributed by atoms with Crippen LogP contribution in [0.1, 0.15) is 5.56 Å². The van der Waals surface area contributed by atoms with E-state index in [9.17, 15) is 13.2 Å². The second kappa shape index (κ2) is 3.66. The highest BCUT2D eigenvalue weighted by Crippen LogP contribution is 2.29. The molecule has 13 heavy (non-hydrogen) atoms. The Hall–Kier alpha value is -1.23. The average molecular weight is 190 g/mol. The first-order chi connectivity index (χ1) is 6.04. The summed E-state index contributed by atoms with van der Waals surface area (Å²) < 4.78 is 36.2. The Balaban J connectivity index is 2.81. The van der Waals surface area contributed by atoms with Crippen LogP contribution in [0.3, 0.4) is 0 Å². The Morgan fingerprint density at radius 1 is 1.15 bits per heavy atom. The summed E-state index contributed by atoms with van der Waals surface area (Å²) in [5, 5.41) is 2.70. The summed E-state index contributed by atoms with van der Waals surface area (Å²) in [5.41, 5.74) is 5.07. The Labute approximate surface area is 73.5 Å². The summed E-state index contributed by atoms with van der Waals surface area (Å²) >= 11 is 0. The summed E-state index contributed by atoms with van der Waals surface area (Å²) in [6, 6.07) is 4.71. The maximum Gasteiger partial charge on any atom is 0.416 e. The van der Waals surface area contributed by atoms with Crippen molar-refractivity contribution in [3.8, 4) is 0 Å². The molecular weight excluding hydrogens is 181 g/mol. The third kappa shape index (κ3) is 2.62. The van der Waals surface area contributed by atoms with E-state index in [1.165, 1.54) is 12.1 Å². The van der Waals surface area contributed by atoms with Crippen LogP contribution < -0.4 is 11.1 Å². The van der Waals surface area contributed by atoms with Gasteiger partial charge in [0.15, 0.2) is 0 Å². The van der Waals surface area contributed by atoms with Gasteiger partial charge in [0, 0.05) is 5.69 Å². The molecule has 72 valence electrons. The molecule has 1 aromatic carbocycles. The molecule has 0 aliphatic heterocycles. The van der Waals surface area contributed by atoms with Crippen molar-refractivity contribution >= 4 is 5.69 Å². The molecule has 0 amide bonds. The largest absolute Gasteiger partial charge is 0.416 e. The highest BCUT2D eigenvalue weighted by molar-refractivity contribution is 5.44.